The van der Waals surface area contributed by atoms with Crippen molar-refractivity contribution in [3.8, 4) is 5.95 Å². The number of aromatic nitrogens is 5. The van der Waals surface area contributed by atoms with E-state index in [1.54, 1.807) is 17.1 Å². The molecule has 6 nitrogen and oxygen atoms in total. The maximum absolute atomic E-state index is 6.05. The van der Waals surface area contributed by atoms with Crippen LogP contribution in [0.4, 0.5) is 5.95 Å². The lowest BCUT2D eigenvalue weighted by Gasteiger charge is -2.22. The molecule has 21 heavy (non-hydrogen) atoms. The molecule has 3 rings (SSSR count). The number of anilines is 1. The van der Waals surface area contributed by atoms with E-state index in [4.69, 9.17) is 11.6 Å². The van der Waals surface area contributed by atoms with Gasteiger partial charge in [-0.05, 0) is 24.1 Å². The average Bonchev–Trinajstić information content (AvgIpc) is 2.89. The van der Waals surface area contributed by atoms with Crippen molar-refractivity contribution in [2.24, 2.45) is 0 Å². The molecule has 0 unspecified atom stereocenters. The minimum Gasteiger partial charge on any atom is -0.340 e. The van der Waals surface area contributed by atoms with Crippen LogP contribution in [0.1, 0.15) is 20.3 Å². The van der Waals surface area contributed by atoms with Gasteiger partial charge in [0.05, 0.1) is 0 Å². The van der Waals surface area contributed by atoms with Crippen molar-refractivity contribution in [3.05, 3.63) is 23.7 Å². The van der Waals surface area contributed by atoms with Crippen molar-refractivity contribution >= 4 is 29.3 Å². The summed E-state index contributed by atoms with van der Waals surface area (Å²) in [5.41, 5.74) is 0. The van der Waals surface area contributed by atoms with Gasteiger partial charge in [0, 0.05) is 36.0 Å². The number of hydrogen-bond donors (Lipinski definition) is 0. The standard InChI is InChI=1S/C13H17ClN6S/c1-13(2)4-7-19(8-9-21-13)11-16-10(14)17-12(18-11)20-6-3-5-15-20/h3,5-6H,4,7-9H2,1-2H3. The molecule has 0 bridgehead atoms. The normalized spacial score (nSPS) is 18.5. The predicted molar refractivity (Wildman–Crippen MR) is 85.3 cm³/mol. The van der Waals surface area contributed by atoms with E-state index in [1.165, 1.54) is 0 Å². The molecule has 112 valence electrons. The SMILES string of the molecule is CC1(C)CCN(c2nc(Cl)nc(-n3cccn3)n2)CCS1. The molecule has 0 amide bonds. The largest absolute Gasteiger partial charge is 0.340 e. The first-order valence-electron chi connectivity index (χ1n) is 6.84. The lowest BCUT2D eigenvalue weighted by atomic mass is 10.1. The second-order valence-electron chi connectivity index (χ2n) is 5.50. The van der Waals surface area contributed by atoms with Gasteiger partial charge in [-0.15, -0.1) is 0 Å². The summed E-state index contributed by atoms with van der Waals surface area (Å²) >= 11 is 8.03. The molecule has 0 atom stereocenters. The van der Waals surface area contributed by atoms with E-state index in [9.17, 15) is 0 Å². The average molecular weight is 325 g/mol. The lowest BCUT2D eigenvalue weighted by molar-refractivity contribution is 0.629. The molecule has 8 heteroatoms. The summed E-state index contributed by atoms with van der Waals surface area (Å²) in [6.45, 7) is 6.37. The summed E-state index contributed by atoms with van der Waals surface area (Å²) in [5, 5.41) is 4.33. The lowest BCUT2D eigenvalue weighted by Crippen LogP contribution is -2.29. The Hall–Kier alpha value is -1.34. The van der Waals surface area contributed by atoms with Crippen LogP contribution in [0.5, 0.6) is 0 Å². The van der Waals surface area contributed by atoms with E-state index < -0.39 is 0 Å². The molecule has 0 radical (unpaired) electrons. The van der Waals surface area contributed by atoms with Crippen LogP contribution in [0.25, 0.3) is 5.95 Å². The Labute approximate surface area is 132 Å². The molecule has 0 saturated carbocycles. The minimum atomic E-state index is 0.196. The Morgan fingerprint density at radius 1 is 1.19 bits per heavy atom. The maximum atomic E-state index is 6.05. The Morgan fingerprint density at radius 3 is 2.76 bits per heavy atom. The van der Waals surface area contributed by atoms with Crippen LogP contribution in [-0.2, 0) is 0 Å². The molecule has 3 heterocycles. The van der Waals surface area contributed by atoms with Gasteiger partial charge in [-0.3, -0.25) is 0 Å². The summed E-state index contributed by atoms with van der Waals surface area (Å²) in [6, 6.07) is 1.82. The summed E-state index contributed by atoms with van der Waals surface area (Å²) in [7, 11) is 0. The highest BCUT2D eigenvalue weighted by Gasteiger charge is 2.25. The van der Waals surface area contributed by atoms with Crippen molar-refractivity contribution in [1.29, 1.82) is 0 Å². The van der Waals surface area contributed by atoms with Crippen molar-refractivity contribution in [2.75, 3.05) is 23.7 Å². The fraction of sp³-hybridized carbons (Fsp3) is 0.538. The monoisotopic (exact) mass is 324 g/mol. The topological polar surface area (TPSA) is 59.7 Å². The molecular weight excluding hydrogens is 308 g/mol. The fourth-order valence-electron chi connectivity index (χ4n) is 2.18. The Bertz CT molecular complexity index is 615. The number of hydrogen-bond acceptors (Lipinski definition) is 6. The highest BCUT2D eigenvalue weighted by Crippen LogP contribution is 2.31. The Kier molecular flexibility index (Phi) is 4.03. The number of rotatable bonds is 2. The molecule has 1 aliphatic rings. The highest BCUT2D eigenvalue weighted by atomic mass is 35.5. The third-order valence-electron chi connectivity index (χ3n) is 3.41. The van der Waals surface area contributed by atoms with Crippen LogP contribution >= 0.6 is 23.4 Å². The van der Waals surface area contributed by atoms with Gasteiger partial charge in [-0.1, -0.05) is 13.8 Å². The molecule has 1 aliphatic heterocycles. The van der Waals surface area contributed by atoms with Gasteiger partial charge in [-0.25, -0.2) is 4.68 Å². The molecule has 1 saturated heterocycles. The van der Waals surface area contributed by atoms with E-state index in [0.29, 0.717) is 11.9 Å². The first-order chi connectivity index (χ1) is 10.0. The molecule has 0 aliphatic carbocycles. The van der Waals surface area contributed by atoms with E-state index in [1.807, 2.05) is 17.8 Å². The van der Waals surface area contributed by atoms with Gasteiger partial charge < -0.3 is 4.90 Å². The van der Waals surface area contributed by atoms with Crippen molar-refractivity contribution in [2.45, 2.75) is 25.0 Å². The molecule has 0 spiro atoms. The van der Waals surface area contributed by atoms with Gasteiger partial charge in [0.25, 0.3) is 5.95 Å². The molecule has 2 aromatic heterocycles. The van der Waals surface area contributed by atoms with E-state index in [0.717, 1.165) is 25.3 Å². The van der Waals surface area contributed by atoms with Crippen LogP contribution in [0, 0.1) is 0 Å². The molecule has 0 aromatic carbocycles. The number of halogens is 1. The van der Waals surface area contributed by atoms with Gasteiger partial charge in [0.2, 0.25) is 11.2 Å². The summed E-state index contributed by atoms with van der Waals surface area (Å²) < 4.78 is 1.88. The number of nitrogens with zero attached hydrogens (tertiary/aromatic N) is 6. The zero-order valence-corrected chi connectivity index (χ0v) is 13.6. The second-order valence-corrected chi connectivity index (χ2v) is 7.64. The fourth-order valence-corrected chi connectivity index (χ4v) is 3.43. The first-order valence-corrected chi connectivity index (χ1v) is 8.20. The first kappa shape index (κ1) is 14.6. The van der Waals surface area contributed by atoms with Gasteiger partial charge in [0.15, 0.2) is 0 Å². The van der Waals surface area contributed by atoms with Crippen LogP contribution < -0.4 is 4.90 Å². The third kappa shape index (κ3) is 3.47. The minimum absolute atomic E-state index is 0.196. The zero-order chi connectivity index (χ0) is 14.9. The van der Waals surface area contributed by atoms with E-state index >= 15 is 0 Å². The highest BCUT2D eigenvalue weighted by molar-refractivity contribution is 8.00. The maximum Gasteiger partial charge on any atom is 0.256 e. The summed E-state index contributed by atoms with van der Waals surface area (Å²) in [4.78, 5) is 15.1. The quantitative estimate of drug-likeness (QED) is 0.845. The summed E-state index contributed by atoms with van der Waals surface area (Å²) in [6.07, 6.45) is 4.55. The second kappa shape index (κ2) is 5.81. The van der Waals surface area contributed by atoms with E-state index in [-0.39, 0.29) is 10.0 Å². The Morgan fingerprint density at radius 2 is 2.00 bits per heavy atom. The van der Waals surface area contributed by atoms with Crippen molar-refractivity contribution in [3.63, 3.8) is 0 Å². The van der Waals surface area contributed by atoms with Crippen molar-refractivity contribution < 1.29 is 0 Å². The smallest absolute Gasteiger partial charge is 0.256 e. The predicted octanol–water partition coefficient (Wildman–Crippen LogP) is 2.43. The summed E-state index contributed by atoms with van der Waals surface area (Å²) in [5.74, 6) is 2.12. The van der Waals surface area contributed by atoms with Crippen LogP contribution in [0.2, 0.25) is 5.28 Å². The zero-order valence-electron chi connectivity index (χ0n) is 12.0. The molecule has 2 aromatic rings. The molecule has 1 fully saturated rings. The Balaban J connectivity index is 1.88. The molecular formula is C13H17ClN6S. The van der Waals surface area contributed by atoms with Crippen LogP contribution in [-0.4, -0.2) is 48.3 Å². The van der Waals surface area contributed by atoms with Crippen LogP contribution in [0.3, 0.4) is 0 Å². The van der Waals surface area contributed by atoms with Gasteiger partial charge in [-0.2, -0.15) is 31.8 Å². The third-order valence-corrected chi connectivity index (χ3v) is 4.96. The van der Waals surface area contributed by atoms with Crippen LogP contribution in [0.15, 0.2) is 18.5 Å². The molecule has 0 N–H and O–H groups in total. The van der Waals surface area contributed by atoms with E-state index in [2.05, 4.69) is 38.8 Å². The van der Waals surface area contributed by atoms with Gasteiger partial charge >= 0.3 is 0 Å². The van der Waals surface area contributed by atoms with Gasteiger partial charge in [0.1, 0.15) is 0 Å². The van der Waals surface area contributed by atoms with Crippen molar-refractivity contribution in [1.82, 2.24) is 24.7 Å². The number of thioether (sulfide) groups is 1.